The molecule has 0 radical (unpaired) electrons. The molecule has 2 N–H and O–H groups in total. The summed E-state index contributed by atoms with van der Waals surface area (Å²) in [6, 6.07) is 4.53. The molecule has 0 saturated heterocycles. The Labute approximate surface area is 175 Å². The average Bonchev–Trinajstić information content (AvgIpc) is 3.03. The number of nitrogens with zero attached hydrogens (tertiary/aromatic N) is 3. The van der Waals surface area contributed by atoms with Crippen LogP contribution in [0.15, 0.2) is 27.9 Å². The van der Waals surface area contributed by atoms with Gasteiger partial charge in [-0.25, -0.2) is 22.6 Å². The molecule has 0 fully saturated rings. The van der Waals surface area contributed by atoms with Crippen LogP contribution >= 0.6 is 0 Å². The number of hydrogen-bond donors (Lipinski definition) is 2. The van der Waals surface area contributed by atoms with Gasteiger partial charge in [-0.3, -0.25) is 4.79 Å². The third-order valence-electron chi connectivity index (χ3n) is 4.57. The Balaban J connectivity index is 2.22. The molecule has 3 rings (SSSR count). The van der Waals surface area contributed by atoms with E-state index < -0.39 is 10.0 Å². The molecule has 2 aromatic heterocycles. The number of ether oxygens (including phenoxy) is 1. The zero-order valence-corrected chi connectivity index (χ0v) is 18.5. The summed E-state index contributed by atoms with van der Waals surface area (Å²) in [6.45, 7) is 8.22. The highest BCUT2D eigenvalue weighted by Gasteiger charge is 2.20. The van der Waals surface area contributed by atoms with E-state index in [0.29, 0.717) is 54.3 Å². The van der Waals surface area contributed by atoms with E-state index in [0.717, 1.165) is 6.42 Å². The summed E-state index contributed by atoms with van der Waals surface area (Å²) in [5.41, 5.74) is 1.04. The van der Waals surface area contributed by atoms with E-state index in [4.69, 9.17) is 4.74 Å². The number of hydrogen-bond acceptors (Lipinski definition) is 6. The molecule has 1 aromatic carbocycles. The van der Waals surface area contributed by atoms with Crippen molar-refractivity contribution in [2.45, 2.75) is 51.9 Å². The molecule has 0 aliphatic carbocycles. The Morgan fingerprint density at radius 1 is 1.20 bits per heavy atom. The van der Waals surface area contributed by atoms with E-state index in [1.807, 2.05) is 20.8 Å². The normalized spacial score (nSPS) is 11.9. The van der Waals surface area contributed by atoms with Crippen molar-refractivity contribution in [3.63, 3.8) is 0 Å². The standard InChI is InChI=1S/C20H27N5O4S/c1-5-8-17-22-13(4)18-20(26)23-19(24-25(17)18)15-12-14(9-10-16(15)29-7-3)30(27,28)21-11-6-2/h9-10,12,21H,5-8,11H2,1-4H3,(H,23,24,26). The largest absolute Gasteiger partial charge is 0.493 e. The monoisotopic (exact) mass is 433 g/mol. The molecule has 0 bridgehead atoms. The number of imidazole rings is 1. The number of fused-ring (bicyclic) bond motifs is 1. The van der Waals surface area contributed by atoms with Gasteiger partial charge in [0.25, 0.3) is 5.56 Å². The molecule has 0 spiro atoms. The van der Waals surface area contributed by atoms with Crippen LogP contribution in [-0.4, -0.2) is 41.2 Å². The maximum absolute atomic E-state index is 12.8. The highest BCUT2D eigenvalue weighted by Crippen LogP contribution is 2.30. The van der Waals surface area contributed by atoms with Crippen molar-refractivity contribution in [2.75, 3.05) is 13.2 Å². The molecule has 0 aliphatic heterocycles. The summed E-state index contributed by atoms with van der Waals surface area (Å²) < 4.78 is 35.0. The molecule has 0 aliphatic rings. The van der Waals surface area contributed by atoms with Crippen LogP contribution in [0.2, 0.25) is 0 Å². The van der Waals surface area contributed by atoms with Crippen LogP contribution in [0.5, 0.6) is 5.75 Å². The molecule has 0 saturated carbocycles. The second-order valence-corrected chi connectivity index (χ2v) is 8.68. The zero-order valence-electron chi connectivity index (χ0n) is 17.7. The van der Waals surface area contributed by atoms with Crippen LogP contribution in [0.4, 0.5) is 0 Å². The van der Waals surface area contributed by atoms with Gasteiger partial charge in [-0.05, 0) is 44.9 Å². The van der Waals surface area contributed by atoms with Gasteiger partial charge in [0.2, 0.25) is 10.0 Å². The van der Waals surface area contributed by atoms with Gasteiger partial charge in [0.15, 0.2) is 11.3 Å². The Morgan fingerprint density at radius 3 is 2.63 bits per heavy atom. The minimum atomic E-state index is -3.69. The first-order chi connectivity index (χ1) is 14.3. The van der Waals surface area contributed by atoms with Crippen LogP contribution in [0.3, 0.4) is 0 Å². The Hall–Kier alpha value is -2.72. The fourth-order valence-electron chi connectivity index (χ4n) is 3.21. The molecule has 10 heteroatoms. The summed E-state index contributed by atoms with van der Waals surface area (Å²) >= 11 is 0. The van der Waals surface area contributed by atoms with Crippen LogP contribution in [0.1, 0.15) is 45.1 Å². The van der Waals surface area contributed by atoms with E-state index >= 15 is 0 Å². The lowest BCUT2D eigenvalue weighted by atomic mass is 10.2. The summed E-state index contributed by atoms with van der Waals surface area (Å²) in [4.78, 5) is 20.1. The average molecular weight is 434 g/mol. The first-order valence-electron chi connectivity index (χ1n) is 10.1. The van der Waals surface area contributed by atoms with Crippen LogP contribution in [0.25, 0.3) is 16.9 Å². The van der Waals surface area contributed by atoms with Crippen molar-refractivity contribution in [1.29, 1.82) is 0 Å². The van der Waals surface area contributed by atoms with Crippen LogP contribution in [0, 0.1) is 6.92 Å². The van der Waals surface area contributed by atoms with Gasteiger partial charge < -0.3 is 9.72 Å². The number of benzene rings is 1. The lowest BCUT2D eigenvalue weighted by Gasteiger charge is -2.13. The topological polar surface area (TPSA) is 118 Å². The van der Waals surface area contributed by atoms with Crippen LogP contribution < -0.4 is 15.0 Å². The Bertz CT molecular complexity index is 1210. The van der Waals surface area contributed by atoms with Crippen LogP contribution in [-0.2, 0) is 16.4 Å². The van der Waals surface area contributed by atoms with E-state index in [-0.39, 0.29) is 16.3 Å². The number of sulfonamides is 1. The van der Waals surface area contributed by atoms with Crippen molar-refractivity contribution >= 4 is 15.5 Å². The summed E-state index contributed by atoms with van der Waals surface area (Å²) in [6.07, 6.45) is 2.19. The lowest BCUT2D eigenvalue weighted by Crippen LogP contribution is -2.24. The number of aromatic amines is 1. The number of aryl methyl sites for hydroxylation is 2. The smallest absolute Gasteiger partial charge is 0.277 e. The molecule has 0 atom stereocenters. The maximum atomic E-state index is 12.8. The molecule has 3 aromatic rings. The first-order valence-corrected chi connectivity index (χ1v) is 11.6. The fourth-order valence-corrected chi connectivity index (χ4v) is 4.36. The van der Waals surface area contributed by atoms with E-state index in [1.54, 1.807) is 17.5 Å². The van der Waals surface area contributed by atoms with Crippen molar-refractivity contribution in [3.8, 4) is 17.1 Å². The summed E-state index contributed by atoms with van der Waals surface area (Å²) in [7, 11) is -3.69. The third kappa shape index (κ3) is 4.24. The Morgan fingerprint density at radius 2 is 1.97 bits per heavy atom. The van der Waals surface area contributed by atoms with Gasteiger partial charge in [0.1, 0.15) is 11.6 Å². The molecular formula is C20H27N5O4S. The van der Waals surface area contributed by atoms with E-state index in [2.05, 4.69) is 19.8 Å². The summed E-state index contributed by atoms with van der Waals surface area (Å²) in [5, 5.41) is 4.58. The fraction of sp³-hybridized carbons (Fsp3) is 0.450. The second kappa shape index (κ2) is 8.97. The van der Waals surface area contributed by atoms with Gasteiger partial charge in [-0.2, -0.15) is 0 Å². The second-order valence-electron chi connectivity index (χ2n) is 6.92. The highest BCUT2D eigenvalue weighted by atomic mass is 32.2. The molecule has 0 amide bonds. The van der Waals surface area contributed by atoms with E-state index in [9.17, 15) is 13.2 Å². The van der Waals surface area contributed by atoms with Gasteiger partial charge in [0.05, 0.1) is 22.8 Å². The van der Waals surface area contributed by atoms with E-state index in [1.165, 1.54) is 12.1 Å². The van der Waals surface area contributed by atoms with Crippen molar-refractivity contribution < 1.29 is 13.2 Å². The maximum Gasteiger partial charge on any atom is 0.277 e. The summed E-state index contributed by atoms with van der Waals surface area (Å²) in [5.74, 6) is 1.34. The molecule has 162 valence electrons. The predicted octanol–water partition coefficient (Wildman–Crippen LogP) is 2.43. The third-order valence-corrected chi connectivity index (χ3v) is 6.03. The number of rotatable bonds is 9. The highest BCUT2D eigenvalue weighted by molar-refractivity contribution is 7.89. The van der Waals surface area contributed by atoms with Gasteiger partial charge in [-0.15, -0.1) is 5.10 Å². The van der Waals surface area contributed by atoms with Gasteiger partial charge in [0, 0.05) is 13.0 Å². The minimum absolute atomic E-state index is 0.0766. The molecular weight excluding hydrogens is 406 g/mol. The molecule has 9 nitrogen and oxygen atoms in total. The number of aromatic nitrogens is 4. The van der Waals surface area contributed by atoms with Gasteiger partial charge >= 0.3 is 0 Å². The number of nitrogens with one attached hydrogen (secondary N) is 2. The minimum Gasteiger partial charge on any atom is -0.493 e. The van der Waals surface area contributed by atoms with Gasteiger partial charge in [-0.1, -0.05) is 13.8 Å². The lowest BCUT2D eigenvalue weighted by molar-refractivity contribution is 0.341. The SMILES string of the molecule is CCCNS(=O)(=O)c1ccc(OCC)c(-c2nn3c(CCC)nc(C)c3c(=O)[nH]2)c1. The Kier molecular flexibility index (Phi) is 6.57. The number of H-pyrrole nitrogens is 1. The predicted molar refractivity (Wildman–Crippen MR) is 114 cm³/mol. The quantitative estimate of drug-likeness (QED) is 0.535. The van der Waals surface area contributed by atoms with Crippen molar-refractivity contribution in [2.24, 2.45) is 0 Å². The van der Waals surface area contributed by atoms with Crippen molar-refractivity contribution in [1.82, 2.24) is 24.3 Å². The first kappa shape index (κ1) is 22.0. The molecule has 0 unspecified atom stereocenters. The van der Waals surface area contributed by atoms with Crippen molar-refractivity contribution in [3.05, 3.63) is 40.1 Å². The molecule has 2 heterocycles. The zero-order chi connectivity index (χ0) is 21.9. The molecule has 30 heavy (non-hydrogen) atoms.